The fourth-order valence-electron chi connectivity index (χ4n) is 2.43. The van der Waals surface area contributed by atoms with Crippen molar-refractivity contribution in [1.82, 2.24) is 5.32 Å². The second kappa shape index (κ2) is 7.64. The van der Waals surface area contributed by atoms with E-state index in [4.69, 9.17) is 4.74 Å². The molecular formula is C17H26ClNO2S. The molecule has 2 unspecified atom stereocenters. The number of halogens is 1. The van der Waals surface area contributed by atoms with Crippen molar-refractivity contribution in [2.45, 2.75) is 52.3 Å². The molecule has 2 atom stereocenters. The molecule has 2 aromatic rings. The summed E-state index contributed by atoms with van der Waals surface area (Å²) >= 11 is 1.72. The molecule has 22 heavy (non-hydrogen) atoms. The lowest BCUT2D eigenvalue weighted by atomic mass is 10.1. The van der Waals surface area contributed by atoms with E-state index in [1.807, 2.05) is 19.1 Å². The predicted octanol–water partition coefficient (Wildman–Crippen LogP) is 4.15. The molecule has 124 valence electrons. The first-order valence-corrected chi connectivity index (χ1v) is 8.21. The second-order valence-corrected chi connectivity index (χ2v) is 7.52. The van der Waals surface area contributed by atoms with Gasteiger partial charge in [0.15, 0.2) is 0 Å². The van der Waals surface area contributed by atoms with Gasteiger partial charge in [0.25, 0.3) is 0 Å². The number of hydrogen-bond acceptors (Lipinski definition) is 4. The van der Waals surface area contributed by atoms with Gasteiger partial charge in [-0.3, -0.25) is 0 Å². The number of hydrogen-bond donors (Lipinski definition) is 2. The minimum atomic E-state index is -0.543. The number of fused-ring (bicyclic) bond motifs is 1. The van der Waals surface area contributed by atoms with E-state index in [-0.39, 0.29) is 24.0 Å². The van der Waals surface area contributed by atoms with E-state index >= 15 is 0 Å². The van der Waals surface area contributed by atoms with Crippen LogP contribution in [0.1, 0.15) is 33.3 Å². The van der Waals surface area contributed by atoms with Crippen LogP contribution in [0, 0.1) is 6.92 Å². The van der Waals surface area contributed by atoms with Crippen LogP contribution in [0.15, 0.2) is 23.6 Å². The molecule has 2 N–H and O–H groups in total. The van der Waals surface area contributed by atoms with Crippen LogP contribution < -0.4 is 10.1 Å². The molecule has 0 fully saturated rings. The summed E-state index contributed by atoms with van der Waals surface area (Å²) in [5, 5.41) is 16.9. The third-order valence-corrected chi connectivity index (χ3v) is 4.46. The van der Waals surface area contributed by atoms with E-state index in [2.05, 4.69) is 44.5 Å². The molecule has 1 heterocycles. The lowest BCUT2D eigenvalue weighted by Crippen LogP contribution is -2.49. The molecule has 0 amide bonds. The SMILES string of the molecule is Cc1csc2cccc(OCC(O)C(C)NC(C)(C)C)c12.Cl. The fourth-order valence-corrected chi connectivity index (χ4v) is 3.39. The van der Waals surface area contributed by atoms with Crippen LogP contribution in [-0.2, 0) is 0 Å². The van der Waals surface area contributed by atoms with Crippen molar-refractivity contribution in [3.8, 4) is 5.75 Å². The van der Waals surface area contributed by atoms with E-state index in [1.165, 1.54) is 10.3 Å². The predicted molar refractivity (Wildman–Crippen MR) is 97.7 cm³/mol. The van der Waals surface area contributed by atoms with Gasteiger partial charge in [-0.25, -0.2) is 0 Å². The Hall–Kier alpha value is -0.810. The molecule has 1 aromatic heterocycles. The average molecular weight is 344 g/mol. The van der Waals surface area contributed by atoms with Crippen LogP contribution in [0.25, 0.3) is 10.1 Å². The van der Waals surface area contributed by atoms with Crippen molar-refractivity contribution >= 4 is 33.8 Å². The van der Waals surface area contributed by atoms with Gasteiger partial charge in [0.05, 0.1) is 0 Å². The molecule has 0 saturated carbocycles. The van der Waals surface area contributed by atoms with Crippen molar-refractivity contribution in [1.29, 1.82) is 0 Å². The highest BCUT2D eigenvalue weighted by atomic mass is 35.5. The minimum absolute atomic E-state index is 0. The number of aliphatic hydroxyl groups is 1. The zero-order valence-electron chi connectivity index (χ0n) is 13.8. The first kappa shape index (κ1) is 19.2. The summed E-state index contributed by atoms with van der Waals surface area (Å²) in [6.07, 6.45) is -0.543. The maximum Gasteiger partial charge on any atom is 0.128 e. The van der Waals surface area contributed by atoms with Gasteiger partial charge in [-0.15, -0.1) is 23.7 Å². The van der Waals surface area contributed by atoms with Gasteiger partial charge in [-0.05, 0) is 57.7 Å². The van der Waals surface area contributed by atoms with Gasteiger partial charge < -0.3 is 15.2 Å². The van der Waals surface area contributed by atoms with E-state index in [1.54, 1.807) is 11.3 Å². The highest BCUT2D eigenvalue weighted by Crippen LogP contribution is 2.33. The van der Waals surface area contributed by atoms with Crippen LogP contribution >= 0.6 is 23.7 Å². The van der Waals surface area contributed by atoms with Crippen molar-refractivity contribution < 1.29 is 9.84 Å². The van der Waals surface area contributed by atoms with E-state index < -0.39 is 6.10 Å². The van der Waals surface area contributed by atoms with Gasteiger partial charge in [0, 0.05) is 21.7 Å². The lowest BCUT2D eigenvalue weighted by molar-refractivity contribution is 0.0704. The average Bonchev–Trinajstić information content (AvgIpc) is 2.76. The van der Waals surface area contributed by atoms with Crippen LogP contribution in [0.4, 0.5) is 0 Å². The Labute approximate surface area is 143 Å². The normalized spacial score (nSPS) is 14.5. The standard InChI is InChI=1S/C17H25NO2S.ClH/c1-11-10-21-15-8-6-7-14(16(11)15)20-9-13(19)12(2)18-17(3,4)5;/h6-8,10,12-13,18-19H,9H2,1-5H3;1H. The molecule has 0 bridgehead atoms. The Morgan fingerprint density at radius 1 is 1.32 bits per heavy atom. The van der Waals surface area contributed by atoms with Gasteiger partial charge in [-0.1, -0.05) is 6.07 Å². The molecule has 0 aliphatic carbocycles. The Balaban J connectivity index is 0.00000242. The number of nitrogens with one attached hydrogen (secondary N) is 1. The molecular weight excluding hydrogens is 318 g/mol. The summed E-state index contributed by atoms with van der Waals surface area (Å²) in [7, 11) is 0. The third-order valence-electron chi connectivity index (χ3n) is 3.39. The molecule has 5 heteroatoms. The van der Waals surface area contributed by atoms with Gasteiger partial charge >= 0.3 is 0 Å². The number of aryl methyl sites for hydroxylation is 1. The van der Waals surface area contributed by atoms with Crippen molar-refractivity contribution in [2.75, 3.05) is 6.61 Å². The summed E-state index contributed by atoms with van der Waals surface area (Å²) < 4.78 is 7.10. The molecule has 1 aromatic carbocycles. The molecule has 0 aliphatic rings. The van der Waals surface area contributed by atoms with Crippen LogP contribution in [0.2, 0.25) is 0 Å². The number of ether oxygens (including phenoxy) is 1. The van der Waals surface area contributed by atoms with Crippen molar-refractivity contribution in [2.24, 2.45) is 0 Å². The zero-order valence-corrected chi connectivity index (χ0v) is 15.5. The monoisotopic (exact) mass is 343 g/mol. The Morgan fingerprint density at radius 2 is 2.00 bits per heavy atom. The van der Waals surface area contributed by atoms with E-state index in [0.29, 0.717) is 6.61 Å². The third kappa shape index (κ3) is 4.85. The van der Waals surface area contributed by atoms with Gasteiger partial charge in [-0.2, -0.15) is 0 Å². The summed E-state index contributed by atoms with van der Waals surface area (Å²) in [4.78, 5) is 0. The first-order valence-electron chi connectivity index (χ1n) is 7.33. The largest absolute Gasteiger partial charge is 0.490 e. The summed E-state index contributed by atoms with van der Waals surface area (Å²) in [6, 6.07) is 6.04. The van der Waals surface area contributed by atoms with Crippen LogP contribution in [0.5, 0.6) is 5.75 Å². The number of aliphatic hydroxyl groups excluding tert-OH is 1. The Kier molecular flexibility index (Phi) is 6.68. The summed E-state index contributed by atoms with van der Waals surface area (Å²) in [5.74, 6) is 0.855. The minimum Gasteiger partial charge on any atom is -0.490 e. The molecule has 2 rings (SSSR count). The van der Waals surface area contributed by atoms with Crippen molar-refractivity contribution in [3.05, 3.63) is 29.1 Å². The van der Waals surface area contributed by atoms with Crippen LogP contribution in [0.3, 0.4) is 0 Å². The topological polar surface area (TPSA) is 41.5 Å². The fraction of sp³-hybridized carbons (Fsp3) is 0.529. The maximum atomic E-state index is 10.2. The highest BCUT2D eigenvalue weighted by Gasteiger charge is 2.21. The van der Waals surface area contributed by atoms with E-state index in [9.17, 15) is 5.11 Å². The summed E-state index contributed by atoms with van der Waals surface area (Å²) in [6.45, 7) is 10.6. The number of rotatable bonds is 5. The number of thiophene rings is 1. The van der Waals surface area contributed by atoms with Crippen molar-refractivity contribution in [3.63, 3.8) is 0 Å². The lowest BCUT2D eigenvalue weighted by Gasteiger charge is -2.29. The second-order valence-electron chi connectivity index (χ2n) is 6.61. The quantitative estimate of drug-likeness (QED) is 0.857. The molecule has 0 spiro atoms. The summed E-state index contributed by atoms with van der Waals surface area (Å²) in [5.41, 5.74) is 1.20. The first-order chi connectivity index (χ1) is 9.78. The smallest absolute Gasteiger partial charge is 0.128 e. The molecule has 0 saturated heterocycles. The number of benzene rings is 1. The van der Waals surface area contributed by atoms with Gasteiger partial charge in [0.2, 0.25) is 0 Å². The van der Waals surface area contributed by atoms with E-state index in [0.717, 1.165) is 11.1 Å². The maximum absolute atomic E-state index is 10.2. The molecule has 0 radical (unpaired) electrons. The van der Waals surface area contributed by atoms with Crippen LogP contribution in [-0.4, -0.2) is 29.4 Å². The zero-order chi connectivity index (χ0) is 15.6. The van der Waals surface area contributed by atoms with Gasteiger partial charge in [0.1, 0.15) is 18.5 Å². The molecule has 3 nitrogen and oxygen atoms in total. The Bertz CT molecular complexity index is 606. The molecule has 0 aliphatic heterocycles. The highest BCUT2D eigenvalue weighted by molar-refractivity contribution is 7.17. The Morgan fingerprint density at radius 3 is 2.64 bits per heavy atom.